The lowest BCUT2D eigenvalue weighted by Crippen LogP contribution is -2.20. The van der Waals surface area contributed by atoms with E-state index < -0.39 is 0 Å². The van der Waals surface area contributed by atoms with Gasteiger partial charge in [-0.3, -0.25) is 15.7 Å². The van der Waals surface area contributed by atoms with E-state index in [0.29, 0.717) is 23.8 Å². The second-order valence-corrected chi connectivity index (χ2v) is 6.87. The summed E-state index contributed by atoms with van der Waals surface area (Å²) >= 11 is 0. The van der Waals surface area contributed by atoms with Crippen molar-refractivity contribution in [2.75, 3.05) is 0 Å². The molecule has 0 aliphatic heterocycles. The molecule has 2 aromatic heterocycles. The maximum absolute atomic E-state index is 9.53. The number of hydrogen-bond donors (Lipinski definition) is 2. The van der Waals surface area contributed by atoms with Gasteiger partial charge in [0.2, 0.25) is 5.88 Å². The summed E-state index contributed by atoms with van der Waals surface area (Å²) in [6.07, 6.45) is 6.17. The molecule has 0 saturated carbocycles. The number of fused-ring (bicyclic) bond motifs is 1. The van der Waals surface area contributed by atoms with Crippen molar-refractivity contribution in [3.05, 3.63) is 76.9 Å². The van der Waals surface area contributed by atoms with Crippen LogP contribution in [0.3, 0.4) is 0 Å². The van der Waals surface area contributed by atoms with E-state index in [-0.39, 0.29) is 0 Å². The van der Waals surface area contributed by atoms with Gasteiger partial charge in [0.15, 0.2) is 5.84 Å². The summed E-state index contributed by atoms with van der Waals surface area (Å²) < 4.78 is 11.6. The number of aryl methyl sites for hydroxylation is 2. The number of hydroxylamine groups is 1. The number of pyridine rings is 1. The van der Waals surface area contributed by atoms with E-state index in [1.165, 1.54) is 24.0 Å². The molecule has 0 atom stereocenters. The molecule has 144 valence electrons. The quantitative estimate of drug-likeness (QED) is 0.386. The summed E-state index contributed by atoms with van der Waals surface area (Å²) in [5.74, 6) is 3.20. The van der Waals surface area contributed by atoms with E-state index in [4.69, 9.17) is 9.15 Å². The highest BCUT2D eigenvalue weighted by Crippen LogP contribution is 2.32. The Kier molecular flexibility index (Phi) is 5.39. The number of ether oxygens (including phenoxy) is 1. The standard InChI is InChI=1S/C22H23N3O3/c1-15-9-10-18(27-15)14-24-22(25-26)17-11-12-23-21(13-17)28-20-8-4-6-16-5-2-3-7-19(16)20/h4,6,8-13,26H,2-3,5,7,14H2,1H3,(H,24,25). The van der Waals surface area contributed by atoms with Crippen LogP contribution < -0.4 is 10.2 Å². The van der Waals surface area contributed by atoms with Crippen LogP contribution in [-0.4, -0.2) is 16.0 Å². The molecule has 0 saturated heterocycles. The first-order valence-electron chi connectivity index (χ1n) is 9.48. The molecular weight excluding hydrogens is 354 g/mol. The molecule has 1 aromatic carbocycles. The zero-order valence-corrected chi connectivity index (χ0v) is 15.8. The summed E-state index contributed by atoms with van der Waals surface area (Å²) in [7, 11) is 0. The Labute approximate surface area is 163 Å². The molecule has 2 N–H and O–H groups in total. The normalized spacial score (nSPS) is 13.9. The number of rotatable bonds is 5. The van der Waals surface area contributed by atoms with E-state index in [1.54, 1.807) is 18.3 Å². The molecule has 0 bridgehead atoms. The molecule has 0 fully saturated rings. The average Bonchev–Trinajstić information content (AvgIpc) is 3.14. The summed E-state index contributed by atoms with van der Waals surface area (Å²) in [5, 5.41) is 9.53. The molecule has 28 heavy (non-hydrogen) atoms. The third kappa shape index (κ3) is 4.07. The molecule has 2 heterocycles. The summed E-state index contributed by atoms with van der Waals surface area (Å²) in [4.78, 5) is 8.71. The molecule has 4 rings (SSSR count). The number of hydrogen-bond acceptors (Lipinski definition) is 5. The van der Waals surface area contributed by atoms with Crippen molar-refractivity contribution in [1.82, 2.24) is 10.5 Å². The average molecular weight is 377 g/mol. The smallest absolute Gasteiger partial charge is 0.219 e. The van der Waals surface area contributed by atoms with Crippen molar-refractivity contribution in [3.63, 3.8) is 0 Å². The van der Waals surface area contributed by atoms with E-state index >= 15 is 0 Å². The topological polar surface area (TPSA) is 79.9 Å². The molecule has 6 heteroatoms. The molecule has 0 radical (unpaired) electrons. The fourth-order valence-corrected chi connectivity index (χ4v) is 3.49. The maximum atomic E-state index is 9.53. The van der Waals surface area contributed by atoms with Gasteiger partial charge in [0.05, 0.1) is 6.54 Å². The first-order valence-corrected chi connectivity index (χ1v) is 9.48. The Bertz CT molecular complexity index is 994. The Morgan fingerprint density at radius 2 is 2.11 bits per heavy atom. The van der Waals surface area contributed by atoms with E-state index in [9.17, 15) is 5.21 Å². The van der Waals surface area contributed by atoms with Crippen LogP contribution in [0.1, 0.15) is 41.1 Å². The number of amidine groups is 1. The second kappa shape index (κ2) is 8.27. The fraction of sp³-hybridized carbons (Fsp3) is 0.273. The minimum Gasteiger partial charge on any atom is -0.464 e. The van der Waals surface area contributed by atoms with Gasteiger partial charge in [-0.15, -0.1) is 0 Å². The molecule has 1 aliphatic carbocycles. The van der Waals surface area contributed by atoms with Crippen molar-refractivity contribution >= 4 is 5.84 Å². The third-order valence-corrected chi connectivity index (χ3v) is 4.87. The lowest BCUT2D eigenvalue weighted by molar-refractivity contribution is 0.234. The lowest BCUT2D eigenvalue weighted by atomic mass is 9.91. The maximum Gasteiger partial charge on any atom is 0.219 e. The van der Waals surface area contributed by atoms with Gasteiger partial charge < -0.3 is 9.15 Å². The summed E-state index contributed by atoms with van der Waals surface area (Å²) in [5.41, 5.74) is 5.46. The number of nitrogens with one attached hydrogen (secondary N) is 1. The SMILES string of the molecule is Cc1ccc(CN=C(NO)c2ccnc(Oc3cccc4c3CCCC4)c2)o1. The zero-order chi connectivity index (χ0) is 19.3. The second-order valence-electron chi connectivity index (χ2n) is 6.87. The molecule has 0 amide bonds. The first kappa shape index (κ1) is 18.3. The highest BCUT2D eigenvalue weighted by atomic mass is 16.5. The van der Waals surface area contributed by atoms with Gasteiger partial charge in [-0.2, -0.15) is 0 Å². The van der Waals surface area contributed by atoms with Gasteiger partial charge in [-0.05, 0) is 68.0 Å². The molecule has 0 spiro atoms. The Hall–Kier alpha value is -3.12. The first-order chi connectivity index (χ1) is 13.7. The van der Waals surface area contributed by atoms with Crippen LogP contribution in [0.2, 0.25) is 0 Å². The van der Waals surface area contributed by atoms with Crippen LogP contribution in [-0.2, 0) is 19.4 Å². The van der Waals surface area contributed by atoms with E-state index in [0.717, 1.165) is 30.1 Å². The number of aromatic nitrogens is 1. The zero-order valence-electron chi connectivity index (χ0n) is 15.8. The van der Waals surface area contributed by atoms with Gasteiger partial charge in [-0.25, -0.2) is 4.98 Å². The largest absolute Gasteiger partial charge is 0.464 e. The number of aliphatic imine (C=N–C) groups is 1. The van der Waals surface area contributed by atoms with Crippen molar-refractivity contribution in [1.29, 1.82) is 0 Å². The van der Waals surface area contributed by atoms with Crippen molar-refractivity contribution in [2.24, 2.45) is 4.99 Å². The Balaban J connectivity index is 1.55. The molecule has 0 unspecified atom stereocenters. The monoisotopic (exact) mass is 377 g/mol. The highest BCUT2D eigenvalue weighted by molar-refractivity contribution is 5.98. The molecular formula is C22H23N3O3. The summed E-state index contributed by atoms with van der Waals surface area (Å²) in [6.45, 7) is 2.20. The highest BCUT2D eigenvalue weighted by Gasteiger charge is 2.15. The van der Waals surface area contributed by atoms with Crippen LogP contribution in [0.25, 0.3) is 0 Å². The van der Waals surface area contributed by atoms with Gasteiger partial charge >= 0.3 is 0 Å². The predicted molar refractivity (Wildman–Crippen MR) is 106 cm³/mol. The minimum absolute atomic E-state index is 0.321. The third-order valence-electron chi connectivity index (χ3n) is 4.87. The van der Waals surface area contributed by atoms with Crippen LogP contribution in [0.5, 0.6) is 11.6 Å². The Morgan fingerprint density at radius 3 is 2.93 bits per heavy atom. The molecule has 1 aliphatic rings. The van der Waals surface area contributed by atoms with E-state index in [2.05, 4.69) is 21.5 Å². The summed E-state index contributed by atoms with van der Waals surface area (Å²) in [6, 6.07) is 13.5. The van der Waals surface area contributed by atoms with Gasteiger partial charge in [0, 0.05) is 17.8 Å². The molecule has 6 nitrogen and oxygen atoms in total. The van der Waals surface area contributed by atoms with Gasteiger partial charge in [0.1, 0.15) is 17.3 Å². The number of furan rings is 1. The van der Waals surface area contributed by atoms with Crippen molar-refractivity contribution < 1.29 is 14.4 Å². The van der Waals surface area contributed by atoms with Gasteiger partial charge in [-0.1, -0.05) is 12.1 Å². The van der Waals surface area contributed by atoms with Gasteiger partial charge in [0.25, 0.3) is 0 Å². The van der Waals surface area contributed by atoms with Crippen LogP contribution in [0.15, 0.2) is 58.1 Å². The van der Waals surface area contributed by atoms with Crippen LogP contribution in [0, 0.1) is 6.92 Å². The number of nitrogens with zero attached hydrogens (tertiary/aromatic N) is 2. The predicted octanol–water partition coefficient (Wildman–Crippen LogP) is 4.58. The number of benzene rings is 1. The minimum atomic E-state index is 0.321. The van der Waals surface area contributed by atoms with Crippen molar-refractivity contribution in [3.8, 4) is 11.6 Å². The lowest BCUT2D eigenvalue weighted by Gasteiger charge is -2.19. The van der Waals surface area contributed by atoms with Crippen LogP contribution in [0.4, 0.5) is 0 Å². The van der Waals surface area contributed by atoms with Crippen molar-refractivity contribution in [2.45, 2.75) is 39.2 Å². The fourth-order valence-electron chi connectivity index (χ4n) is 3.49. The van der Waals surface area contributed by atoms with E-state index in [1.807, 2.05) is 31.2 Å². The Morgan fingerprint density at radius 1 is 1.21 bits per heavy atom. The van der Waals surface area contributed by atoms with Crippen LogP contribution >= 0.6 is 0 Å². The molecule has 3 aromatic rings.